The predicted octanol–water partition coefficient (Wildman–Crippen LogP) is 1.44. The zero-order valence-corrected chi connectivity index (χ0v) is 8.75. The lowest BCUT2D eigenvalue weighted by molar-refractivity contribution is -0.191. The fraction of sp³-hybridized carbons (Fsp3) is 1.00. The summed E-state index contributed by atoms with van der Waals surface area (Å²) in [4.78, 5) is 5.72. The van der Waals surface area contributed by atoms with Crippen LogP contribution in [0.3, 0.4) is 0 Å². The topological polar surface area (TPSA) is 21.7 Å². The molecule has 0 radical (unpaired) electrons. The molecule has 2 aliphatic rings. The van der Waals surface area contributed by atoms with Crippen molar-refractivity contribution in [1.29, 1.82) is 0 Å². The monoisotopic (exact) mass is 185 g/mol. The van der Waals surface area contributed by atoms with Gasteiger partial charge in [-0.2, -0.15) is 5.06 Å². The van der Waals surface area contributed by atoms with Crippen LogP contribution in [0.15, 0.2) is 0 Å². The van der Waals surface area contributed by atoms with Crippen molar-refractivity contribution < 1.29 is 9.57 Å². The summed E-state index contributed by atoms with van der Waals surface area (Å²) in [5.41, 5.74) is 0.122. The Balaban J connectivity index is 2.07. The first-order valence-electron chi connectivity index (χ1n) is 5.09. The summed E-state index contributed by atoms with van der Waals surface area (Å²) < 4.78 is 5.44. The molecular weight excluding hydrogens is 166 g/mol. The third kappa shape index (κ3) is 1.73. The van der Waals surface area contributed by atoms with Crippen molar-refractivity contribution >= 4 is 0 Å². The molecule has 76 valence electrons. The molecule has 2 saturated heterocycles. The summed E-state index contributed by atoms with van der Waals surface area (Å²) in [5, 5.41) is 2.17. The number of hydrogen-bond donors (Lipinski definition) is 0. The van der Waals surface area contributed by atoms with Crippen LogP contribution in [-0.4, -0.2) is 36.5 Å². The highest BCUT2D eigenvalue weighted by molar-refractivity contribution is 4.88. The highest BCUT2D eigenvalue weighted by atomic mass is 16.7. The van der Waals surface area contributed by atoms with Crippen molar-refractivity contribution in [2.24, 2.45) is 5.92 Å². The molecule has 2 aliphatic heterocycles. The molecular formula is C10H19NO2. The first-order valence-corrected chi connectivity index (χ1v) is 5.09. The molecule has 0 aromatic heterocycles. The summed E-state index contributed by atoms with van der Waals surface area (Å²) >= 11 is 0. The molecule has 0 aliphatic carbocycles. The summed E-state index contributed by atoms with van der Waals surface area (Å²) in [6.45, 7) is 9.19. The Morgan fingerprint density at radius 3 is 2.69 bits per heavy atom. The molecule has 3 nitrogen and oxygen atoms in total. The second-order valence-electron chi connectivity index (χ2n) is 4.98. The van der Waals surface area contributed by atoms with Gasteiger partial charge < -0.3 is 4.74 Å². The largest absolute Gasteiger partial charge is 0.381 e. The highest BCUT2D eigenvalue weighted by Gasteiger charge is 2.42. The lowest BCUT2D eigenvalue weighted by atomic mass is 9.94. The molecule has 2 rings (SSSR count). The molecule has 0 spiro atoms. The maximum atomic E-state index is 5.72. The lowest BCUT2D eigenvalue weighted by Gasteiger charge is -2.37. The van der Waals surface area contributed by atoms with Crippen LogP contribution < -0.4 is 0 Å². The Hall–Kier alpha value is -0.120. The van der Waals surface area contributed by atoms with Crippen LogP contribution in [-0.2, 0) is 9.57 Å². The first-order chi connectivity index (χ1) is 6.09. The number of hydroxylamine groups is 2. The fourth-order valence-corrected chi connectivity index (χ4v) is 2.22. The van der Waals surface area contributed by atoms with Crippen molar-refractivity contribution in [2.75, 3.05) is 19.8 Å². The van der Waals surface area contributed by atoms with Crippen LogP contribution >= 0.6 is 0 Å². The quantitative estimate of drug-likeness (QED) is 0.570. The average molecular weight is 185 g/mol. The van der Waals surface area contributed by atoms with Crippen molar-refractivity contribution in [2.45, 2.75) is 38.8 Å². The van der Waals surface area contributed by atoms with Crippen molar-refractivity contribution in [3.63, 3.8) is 0 Å². The molecule has 0 aromatic carbocycles. The average Bonchev–Trinajstić information content (AvgIpc) is 2.45. The molecule has 2 fully saturated rings. The third-order valence-electron chi connectivity index (χ3n) is 2.82. The maximum absolute atomic E-state index is 5.72. The molecule has 0 N–H and O–H groups in total. The lowest BCUT2D eigenvalue weighted by Crippen LogP contribution is -2.47. The van der Waals surface area contributed by atoms with E-state index in [9.17, 15) is 0 Å². The van der Waals surface area contributed by atoms with Crippen LogP contribution in [0.25, 0.3) is 0 Å². The van der Waals surface area contributed by atoms with Crippen LogP contribution in [0.5, 0.6) is 0 Å². The molecule has 3 heteroatoms. The van der Waals surface area contributed by atoms with E-state index in [0.29, 0.717) is 12.0 Å². The molecule has 13 heavy (non-hydrogen) atoms. The van der Waals surface area contributed by atoms with Gasteiger partial charge in [0.2, 0.25) is 0 Å². The number of rotatable bonds is 0. The minimum absolute atomic E-state index is 0.122. The summed E-state index contributed by atoms with van der Waals surface area (Å²) in [5.74, 6) is 0.591. The Labute approximate surface area is 80.0 Å². The summed E-state index contributed by atoms with van der Waals surface area (Å²) in [7, 11) is 0. The first kappa shape index (κ1) is 9.44. The van der Waals surface area contributed by atoms with E-state index in [1.807, 2.05) is 0 Å². The number of hydrogen-bond acceptors (Lipinski definition) is 3. The molecule has 0 saturated carbocycles. The molecule has 2 heterocycles. The van der Waals surface area contributed by atoms with E-state index in [-0.39, 0.29) is 5.54 Å². The standard InChI is InChI=1S/C10H19NO2/c1-10(2,3)11-9-4-5-12-6-8(9)7-13-11/h8-9H,4-7H2,1-3H3. The minimum atomic E-state index is 0.122. The third-order valence-corrected chi connectivity index (χ3v) is 2.82. The second kappa shape index (κ2) is 3.23. The van der Waals surface area contributed by atoms with Gasteiger partial charge in [0.15, 0.2) is 0 Å². The van der Waals surface area contributed by atoms with Gasteiger partial charge in [0, 0.05) is 24.1 Å². The van der Waals surface area contributed by atoms with Gasteiger partial charge in [0.1, 0.15) is 0 Å². The van der Waals surface area contributed by atoms with Crippen LogP contribution in [0.1, 0.15) is 27.2 Å². The van der Waals surface area contributed by atoms with E-state index < -0.39 is 0 Å². The molecule has 0 aromatic rings. The van der Waals surface area contributed by atoms with E-state index in [4.69, 9.17) is 9.57 Å². The van der Waals surface area contributed by atoms with Crippen molar-refractivity contribution in [3.8, 4) is 0 Å². The molecule has 2 atom stereocenters. The molecule has 0 amide bonds. The molecule has 0 bridgehead atoms. The maximum Gasteiger partial charge on any atom is 0.0751 e. The minimum Gasteiger partial charge on any atom is -0.381 e. The zero-order chi connectivity index (χ0) is 9.47. The van der Waals surface area contributed by atoms with Gasteiger partial charge in [-0.25, -0.2) is 0 Å². The summed E-state index contributed by atoms with van der Waals surface area (Å²) in [6, 6.07) is 0.578. The Bertz CT molecular complexity index is 188. The Morgan fingerprint density at radius 1 is 1.23 bits per heavy atom. The van der Waals surface area contributed by atoms with Crippen LogP contribution in [0, 0.1) is 5.92 Å². The van der Waals surface area contributed by atoms with Crippen LogP contribution in [0.4, 0.5) is 0 Å². The van der Waals surface area contributed by atoms with Gasteiger partial charge in [-0.05, 0) is 27.2 Å². The van der Waals surface area contributed by atoms with Crippen molar-refractivity contribution in [1.82, 2.24) is 5.06 Å². The Morgan fingerprint density at radius 2 is 2.00 bits per heavy atom. The SMILES string of the molecule is CC(C)(C)N1OCC2COCCC21. The van der Waals surface area contributed by atoms with Gasteiger partial charge in [-0.1, -0.05) is 0 Å². The zero-order valence-electron chi connectivity index (χ0n) is 8.75. The van der Waals surface area contributed by atoms with E-state index in [1.54, 1.807) is 0 Å². The highest BCUT2D eigenvalue weighted by Crippen LogP contribution is 2.33. The van der Waals surface area contributed by atoms with Crippen LogP contribution in [0.2, 0.25) is 0 Å². The Kier molecular flexibility index (Phi) is 2.34. The van der Waals surface area contributed by atoms with E-state index in [0.717, 1.165) is 26.2 Å². The molecule has 2 unspecified atom stereocenters. The van der Waals surface area contributed by atoms with E-state index in [1.165, 1.54) is 0 Å². The van der Waals surface area contributed by atoms with Crippen molar-refractivity contribution in [3.05, 3.63) is 0 Å². The second-order valence-corrected chi connectivity index (χ2v) is 4.98. The summed E-state index contributed by atoms with van der Waals surface area (Å²) in [6.07, 6.45) is 1.11. The fourth-order valence-electron chi connectivity index (χ4n) is 2.22. The van der Waals surface area contributed by atoms with Gasteiger partial charge in [0.05, 0.1) is 13.2 Å². The van der Waals surface area contributed by atoms with Gasteiger partial charge in [0.25, 0.3) is 0 Å². The van der Waals surface area contributed by atoms with Gasteiger partial charge in [-0.3, -0.25) is 4.84 Å². The smallest absolute Gasteiger partial charge is 0.0751 e. The van der Waals surface area contributed by atoms with Gasteiger partial charge >= 0.3 is 0 Å². The number of ether oxygens (including phenoxy) is 1. The number of fused-ring (bicyclic) bond motifs is 1. The predicted molar refractivity (Wildman–Crippen MR) is 50.3 cm³/mol. The number of nitrogens with zero attached hydrogens (tertiary/aromatic N) is 1. The van der Waals surface area contributed by atoms with E-state index in [2.05, 4.69) is 25.8 Å². The normalized spacial score (nSPS) is 36.2. The van der Waals surface area contributed by atoms with E-state index >= 15 is 0 Å². The van der Waals surface area contributed by atoms with Gasteiger partial charge in [-0.15, -0.1) is 0 Å².